The zero-order valence-electron chi connectivity index (χ0n) is 13.1. The highest BCUT2D eigenvalue weighted by Crippen LogP contribution is 2.35. The molecule has 21 heavy (non-hydrogen) atoms. The molecule has 2 N–H and O–H groups in total. The van der Waals surface area contributed by atoms with Crippen LogP contribution in [0.1, 0.15) is 45.4 Å². The lowest BCUT2D eigenvalue weighted by atomic mass is 9.79. The first-order valence-electron chi connectivity index (χ1n) is 8.60. The van der Waals surface area contributed by atoms with Crippen molar-refractivity contribution in [2.45, 2.75) is 62.4 Å². The van der Waals surface area contributed by atoms with Gasteiger partial charge in [-0.25, -0.2) is 0 Å². The number of para-hydroxylation sites is 1. The zero-order valence-corrected chi connectivity index (χ0v) is 13.9. The van der Waals surface area contributed by atoms with E-state index in [0.717, 1.165) is 17.7 Å². The fraction of sp³-hybridized carbons (Fsp3) is 0.667. The smallest absolute Gasteiger partial charge is 0.0480 e. The molecule has 1 saturated carbocycles. The van der Waals surface area contributed by atoms with Gasteiger partial charge in [-0.15, -0.1) is 11.8 Å². The quantitative estimate of drug-likeness (QED) is 0.782. The molecular formula is C18H28N2S. The van der Waals surface area contributed by atoms with Gasteiger partial charge in [0.1, 0.15) is 0 Å². The molecule has 2 fully saturated rings. The summed E-state index contributed by atoms with van der Waals surface area (Å²) in [7, 11) is 0. The van der Waals surface area contributed by atoms with Gasteiger partial charge in [-0.3, -0.25) is 0 Å². The lowest BCUT2D eigenvalue weighted by Gasteiger charge is -2.37. The van der Waals surface area contributed by atoms with Gasteiger partial charge in [0.15, 0.2) is 0 Å². The van der Waals surface area contributed by atoms with Crippen LogP contribution in [0, 0.1) is 5.92 Å². The van der Waals surface area contributed by atoms with E-state index in [0.29, 0.717) is 6.04 Å². The Morgan fingerprint density at radius 3 is 2.81 bits per heavy atom. The van der Waals surface area contributed by atoms with Gasteiger partial charge < -0.3 is 10.6 Å². The van der Waals surface area contributed by atoms with Crippen LogP contribution in [0.15, 0.2) is 29.2 Å². The highest BCUT2D eigenvalue weighted by atomic mass is 32.2. The van der Waals surface area contributed by atoms with Crippen molar-refractivity contribution in [2.24, 2.45) is 5.92 Å². The van der Waals surface area contributed by atoms with Crippen LogP contribution >= 0.6 is 11.8 Å². The normalized spacial score (nSPS) is 29.5. The van der Waals surface area contributed by atoms with E-state index in [1.54, 1.807) is 0 Å². The Hall–Kier alpha value is -0.670. The Labute approximate surface area is 133 Å². The molecule has 0 bridgehead atoms. The Morgan fingerprint density at radius 1 is 1.14 bits per heavy atom. The highest BCUT2D eigenvalue weighted by Gasteiger charge is 2.33. The molecule has 2 aliphatic rings. The third-order valence-electron chi connectivity index (χ3n) is 4.96. The number of nitrogens with one attached hydrogen (secondary N) is 2. The SMILES string of the molecule is CCSc1ccccc1NC1CCCCC1C1CCCN1. The molecule has 0 radical (unpaired) electrons. The van der Waals surface area contributed by atoms with E-state index in [1.165, 1.54) is 55.7 Å². The molecule has 116 valence electrons. The number of anilines is 1. The summed E-state index contributed by atoms with van der Waals surface area (Å²) in [6.45, 7) is 3.45. The summed E-state index contributed by atoms with van der Waals surface area (Å²) in [5.74, 6) is 1.94. The van der Waals surface area contributed by atoms with Crippen LogP contribution in [0.3, 0.4) is 0 Å². The van der Waals surface area contributed by atoms with Crippen LogP contribution in [-0.2, 0) is 0 Å². The van der Waals surface area contributed by atoms with Gasteiger partial charge in [0.2, 0.25) is 0 Å². The second-order valence-corrected chi connectivity index (χ2v) is 7.64. The van der Waals surface area contributed by atoms with Crippen molar-refractivity contribution < 1.29 is 0 Å². The molecule has 1 saturated heterocycles. The van der Waals surface area contributed by atoms with Crippen LogP contribution in [0.2, 0.25) is 0 Å². The fourth-order valence-corrected chi connectivity index (χ4v) is 4.73. The van der Waals surface area contributed by atoms with Crippen LogP contribution in [-0.4, -0.2) is 24.4 Å². The van der Waals surface area contributed by atoms with Gasteiger partial charge in [0.05, 0.1) is 0 Å². The van der Waals surface area contributed by atoms with Gasteiger partial charge in [-0.2, -0.15) is 0 Å². The van der Waals surface area contributed by atoms with Crippen molar-refractivity contribution in [3.05, 3.63) is 24.3 Å². The summed E-state index contributed by atoms with van der Waals surface area (Å²) < 4.78 is 0. The number of hydrogen-bond acceptors (Lipinski definition) is 3. The van der Waals surface area contributed by atoms with Crippen molar-refractivity contribution in [3.63, 3.8) is 0 Å². The standard InChI is InChI=1S/C18H28N2S/c1-2-21-18-12-6-5-10-17(18)20-16-9-4-3-8-14(16)15-11-7-13-19-15/h5-6,10,12,14-16,19-20H,2-4,7-9,11,13H2,1H3. The monoisotopic (exact) mass is 304 g/mol. The minimum Gasteiger partial charge on any atom is -0.381 e. The molecule has 1 aromatic carbocycles. The number of hydrogen-bond donors (Lipinski definition) is 2. The highest BCUT2D eigenvalue weighted by molar-refractivity contribution is 7.99. The molecule has 2 nitrogen and oxygen atoms in total. The Balaban J connectivity index is 1.72. The first-order chi connectivity index (χ1) is 10.4. The average molecular weight is 305 g/mol. The third kappa shape index (κ3) is 3.75. The molecule has 3 heteroatoms. The lowest BCUT2D eigenvalue weighted by molar-refractivity contribution is 0.262. The second-order valence-electron chi connectivity index (χ2n) is 6.33. The summed E-state index contributed by atoms with van der Waals surface area (Å²) in [5.41, 5.74) is 1.35. The molecule has 1 aromatic rings. The van der Waals surface area contributed by atoms with Gasteiger partial charge >= 0.3 is 0 Å². The van der Waals surface area contributed by atoms with Gasteiger partial charge in [0.25, 0.3) is 0 Å². The second kappa shape index (κ2) is 7.55. The van der Waals surface area contributed by atoms with E-state index >= 15 is 0 Å². The van der Waals surface area contributed by atoms with Crippen LogP contribution in [0.5, 0.6) is 0 Å². The molecule has 3 atom stereocenters. The summed E-state index contributed by atoms with van der Waals surface area (Å²) in [5, 5.41) is 7.64. The lowest BCUT2D eigenvalue weighted by Crippen LogP contribution is -2.43. The molecule has 1 heterocycles. The van der Waals surface area contributed by atoms with E-state index in [4.69, 9.17) is 0 Å². The third-order valence-corrected chi connectivity index (χ3v) is 5.92. The predicted octanol–water partition coefficient (Wildman–Crippen LogP) is 4.52. The number of benzene rings is 1. The molecule has 0 aromatic heterocycles. The molecule has 0 spiro atoms. The minimum atomic E-state index is 0.646. The van der Waals surface area contributed by atoms with Gasteiger partial charge in [-0.1, -0.05) is 31.9 Å². The van der Waals surface area contributed by atoms with Crippen molar-refractivity contribution in [2.75, 3.05) is 17.6 Å². The van der Waals surface area contributed by atoms with E-state index < -0.39 is 0 Å². The van der Waals surface area contributed by atoms with Crippen molar-refractivity contribution in [3.8, 4) is 0 Å². The van der Waals surface area contributed by atoms with E-state index in [1.807, 2.05) is 11.8 Å². The zero-order chi connectivity index (χ0) is 14.5. The maximum absolute atomic E-state index is 3.90. The maximum atomic E-state index is 3.90. The molecule has 3 unspecified atom stereocenters. The minimum absolute atomic E-state index is 0.646. The summed E-state index contributed by atoms with van der Waals surface area (Å²) >= 11 is 1.95. The summed E-state index contributed by atoms with van der Waals surface area (Å²) in [6, 6.07) is 10.2. The molecule has 1 aliphatic heterocycles. The summed E-state index contributed by atoms with van der Waals surface area (Å²) in [4.78, 5) is 1.41. The van der Waals surface area contributed by atoms with Crippen molar-refractivity contribution in [1.82, 2.24) is 5.32 Å². The van der Waals surface area contributed by atoms with E-state index in [9.17, 15) is 0 Å². The Kier molecular flexibility index (Phi) is 5.48. The predicted molar refractivity (Wildman–Crippen MR) is 93.2 cm³/mol. The number of thioether (sulfide) groups is 1. The van der Waals surface area contributed by atoms with Crippen LogP contribution in [0.4, 0.5) is 5.69 Å². The molecule has 3 rings (SSSR count). The van der Waals surface area contributed by atoms with Crippen LogP contribution in [0.25, 0.3) is 0 Å². The number of rotatable bonds is 5. The molecule has 0 amide bonds. The first kappa shape index (κ1) is 15.2. The van der Waals surface area contributed by atoms with Crippen molar-refractivity contribution in [1.29, 1.82) is 0 Å². The topological polar surface area (TPSA) is 24.1 Å². The van der Waals surface area contributed by atoms with E-state index in [2.05, 4.69) is 41.8 Å². The van der Waals surface area contributed by atoms with Gasteiger partial charge in [0, 0.05) is 22.7 Å². The van der Waals surface area contributed by atoms with Crippen molar-refractivity contribution >= 4 is 17.4 Å². The molecular weight excluding hydrogens is 276 g/mol. The molecule has 1 aliphatic carbocycles. The first-order valence-corrected chi connectivity index (χ1v) is 9.59. The maximum Gasteiger partial charge on any atom is 0.0480 e. The average Bonchev–Trinajstić information content (AvgIpc) is 3.04. The fourth-order valence-electron chi connectivity index (χ4n) is 3.96. The Morgan fingerprint density at radius 2 is 2.00 bits per heavy atom. The summed E-state index contributed by atoms with van der Waals surface area (Å²) in [6.07, 6.45) is 8.23. The van der Waals surface area contributed by atoms with Crippen LogP contribution < -0.4 is 10.6 Å². The Bertz CT molecular complexity index is 443. The largest absolute Gasteiger partial charge is 0.381 e. The van der Waals surface area contributed by atoms with Gasteiger partial charge in [-0.05, 0) is 56.0 Å². The van der Waals surface area contributed by atoms with E-state index in [-0.39, 0.29) is 0 Å².